The number of hydrogen-bond donors (Lipinski definition) is 0. The van der Waals surface area contributed by atoms with Crippen LogP contribution in [-0.2, 0) is 0 Å². The number of fused-ring (bicyclic) bond motifs is 9. The summed E-state index contributed by atoms with van der Waals surface area (Å²) in [7, 11) is 0. The van der Waals surface area contributed by atoms with Crippen LogP contribution in [0, 0.1) is 0 Å². The lowest BCUT2D eigenvalue weighted by Gasteiger charge is -2.10. The van der Waals surface area contributed by atoms with E-state index in [0.717, 1.165) is 82.6 Å². The quantitative estimate of drug-likeness (QED) is 0.172. The van der Waals surface area contributed by atoms with Crippen molar-refractivity contribution >= 4 is 65.9 Å². The van der Waals surface area contributed by atoms with Gasteiger partial charge in [0.15, 0.2) is 28.9 Å². The first kappa shape index (κ1) is 31.4. The van der Waals surface area contributed by atoms with Gasteiger partial charge in [0, 0.05) is 54.7 Å². The zero-order valence-corrected chi connectivity index (χ0v) is 30.0. The molecule has 0 radical (unpaired) electrons. The molecule has 0 aliphatic carbocycles. The van der Waals surface area contributed by atoms with Gasteiger partial charge in [-0.05, 0) is 48.5 Å². The first-order valence-electron chi connectivity index (χ1n) is 18.7. The highest BCUT2D eigenvalue weighted by Gasteiger charge is 2.23. The van der Waals surface area contributed by atoms with Gasteiger partial charge in [-0.2, -0.15) is 0 Å². The molecule has 0 N–H and O–H groups in total. The molecule has 0 bridgehead atoms. The van der Waals surface area contributed by atoms with Crippen molar-refractivity contribution in [2.45, 2.75) is 0 Å². The first-order chi connectivity index (χ1) is 28.2. The Kier molecular flexibility index (Phi) is 6.76. The molecule has 12 rings (SSSR count). The SMILES string of the molecule is c1ccc(-c2nc(-c3cccc4oc5ccccc5c34)nc(-c3cccc4oc5ccc(-c6nc(-c7ccccc7)nc7c6oc6ccccc67)cc5c34)n2)cc1. The normalized spacial score (nSPS) is 11.9. The van der Waals surface area contributed by atoms with Gasteiger partial charge in [-0.25, -0.2) is 24.9 Å². The van der Waals surface area contributed by atoms with E-state index in [1.807, 2.05) is 152 Å². The Morgan fingerprint density at radius 3 is 1.49 bits per heavy atom. The monoisotopic (exact) mass is 733 g/mol. The molecule has 8 heteroatoms. The molecule has 0 amide bonds. The molecule has 0 atom stereocenters. The molecule has 12 aromatic rings. The standard InChI is InChI=1S/C49H27N5O3/c1-3-13-28(14-4-1)46-50-43(45-44(51-46)32-18-8-10-22-37(32)57-45)30-25-26-38-35(27-30)42-34(20-12-24-40(42)56-38)49-53-47(29-15-5-2-6-16-29)52-48(54-49)33-19-11-23-39-41(33)31-17-7-9-21-36(31)55-39/h1-27H. The zero-order chi connectivity index (χ0) is 37.5. The number of nitrogens with zero attached hydrogens (tertiary/aromatic N) is 5. The van der Waals surface area contributed by atoms with Gasteiger partial charge in [0.2, 0.25) is 0 Å². The molecule has 0 saturated heterocycles. The van der Waals surface area contributed by atoms with Crippen molar-refractivity contribution in [1.29, 1.82) is 0 Å². The van der Waals surface area contributed by atoms with E-state index in [9.17, 15) is 0 Å². The van der Waals surface area contributed by atoms with Crippen LogP contribution in [0.3, 0.4) is 0 Å². The lowest BCUT2D eigenvalue weighted by atomic mass is 10.0. The summed E-state index contributed by atoms with van der Waals surface area (Å²) < 4.78 is 19.3. The zero-order valence-electron chi connectivity index (χ0n) is 30.0. The van der Waals surface area contributed by atoms with E-state index in [4.69, 9.17) is 38.2 Å². The van der Waals surface area contributed by atoms with Crippen molar-refractivity contribution < 1.29 is 13.3 Å². The van der Waals surface area contributed by atoms with Crippen LogP contribution >= 0.6 is 0 Å². The van der Waals surface area contributed by atoms with Crippen LogP contribution in [0.4, 0.5) is 0 Å². The van der Waals surface area contributed by atoms with Gasteiger partial charge in [0.25, 0.3) is 0 Å². The fourth-order valence-corrected chi connectivity index (χ4v) is 7.96. The Balaban J connectivity index is 1.10. The maximum Gasteiger partial charge on any atom is 0.180 e. The van der Waals surface area contributed by atoms with Crippen LogP contribution in [0.5, 0.6) is 0 Å². The Bertz CT molecular complexity index is 3530. The highest BCUT2D eigenvalue weighted by Crippen LogP contribution is 2.42. The van der Waals surface area contributed by atoms with E-state index < -0.39 is 0 Å². The Morgan fingerprint density at radius 2 is 0.825 bits per heavy atom. The van der Waals surface area contributed by atoms with E-state index in [1.165, 1.54) is 0 Å². The van der Waals surface area contributed by atoms with E-state index in [-0.39, 0.29) is 0 Å². The van der Waals surface area contributed by atoms with Crippen molar-refractivity contribution in [2.24, 2.45) is 0 Å². The van der Waals surface area contributed by atoms with Crippen molar-refractivity contribution in [3.8, 4) is 56.8 Å². The minimum Gasteiger partial charge on any atom is -0.456 e. The van der Waals surface area contributed by atoms with Gasteiger partial charge >= 0.3 is 0 Å². The predicted molar refractivity (Wildman–Crippen MR) is 224 cm³/mol. The third kappa shape index (κ3) is 4.97. The second-order valence-corrected chi connectivity index (χ2v) is 14.0. The molecule has 8 nitrogen and oxygen atoms in total. The fourth-order valence-electron chi connectivity index (χ4n) is 7.96. The molecule has 0 spiro atoms. The van der Waals surface area contributed by atoms with Crippen LogP contribution in [0.25, 0.3) is 123 Å². The van der Waals surface area contributed by atoms with Crippen LogP contribution in [0.15, 0.2) is 177 Å². The second kappa shape index (κ2) is 12.3. The maximum atomic E-state index is 6.52. The van der Waals surface area contributed by atoms with Crippen molar-refractivity contribution in [1.82, 2.24) is 24.9 Å². The number of rotatable bonds is 5. The molecule has 0 aliphatic heterocycles. The number of para-hydroxylation sites is 2. The van der Waals surface area contributed by atoms with Crippen molar-refractivity contribution in [2.75, 3.05) is 0 Å². The van der Waals surface area contributed by atoms with Gasteiger partial charge in [-0.15, -0.1) is 0 Å². The lowest BCUT2D eigenvalue weighted by molar-refractivity contribution is 0.666. The van der Waals surface area contributed by atoms with E-state index >= 15 is 0 Å². The predicted octanol–water partition coefficient (Wildman–Crippen LogP) is 12.7. The molecule has 266 valence electrons. The molecule has 0 saturated carbocycles. The molecular formula is C49H27N5O3. The van der Waals surface area contributed by atoms with E-state index in [1.54, 1.807) is 0 Å². The molecular weight excluding hydrogens is 707 g/mol. The topological polar surface area (TPSA) is 104 Å². The number of benzene rings is 7. The number of aromatic nitrogens is 5. The van der Waals surface area contributed by atoms with E-state index in [0.29, 0.717) is 40.2 Å². The van der Waals surface area contributed by atoms with Gasteiger partial charge in [0.1, 0.15) is 39.1 Å². The molecule has 57 heavy (non-hydrogen) atoms. The molecule has 0 fully saturated rings. The molecule has 5 aromatic heterocycles. The summed E-state index contributed by atoms with van der Waals surface area (Å²) in [5, 5.41) is 4.67. The summed E-state index contributed by atoms with van der Waals surface area (Å²) in [5.74, 6) is 2.25. The first-order valence-corrected chi connectivity index (χ1v) is 18.7. The Hall–Kier alpha value is -7.97. The third-order valence-corrected chi connectivity index (χ3v) is 10.6. The minimum absolute atomic E-state index is 0.524. The van der Waals surface area contributed by atoms with Crippen molar-refractivity contribution in [3.05, 3.63) is 164 Å². The highest BCUT2D eigenvalue weighted by molar-refractivity contribution is 6.15. The summed E-state index contributed by atoms with van der Waals surface area (Å²) >= 11 is 0. The molecule has 7 aromatic carbocycles. The van der Waals surface area contributed by atoms with Gasteiger partial charge in [0.05, 0.1) is 0 Å². The third-order valence-electron chi connectivity index (χ3n) is 10.6. The van der Waals surface area contributed by atoms with E-state index in [2.05, 4.69) is 12.1 Å². The maximum absolute atomic E-state index is 6.52. The highest BCUT2D eigenvalue weighted by atomic mass is 16.3. The molecule has 0 unspecified atom stereocenters. The largest absolute Gasteiger partial charge is 0.456 e. The summed E-state index contributed by atoms with van der Waals surface area (Å²) in [4.78, 5) is 25.6. The summed E-state index contributed by atoms with van der Waals surface area (Å²) in [5.41, 5.74) is 10.2. The average molecular weight is 734 g/mol. The van der Waals surface area contributed by atoms with Gasteiger partial charge in [-0.3, -0.25) is 0 Å². The van der Waals surface area contributed by atoms with Crippen molar-refractivity contribution in [3.63, 3.8) is 0 Å². The lowest BCUT2D eigenvalue weighted by Crippen LogP contribution is -2.00. The minimum atomic E-state index is 0.524. The molecule has 0 aliphatic rings. The number of furan rings is 3. The second-order valence-electron chi connectivity index (χ2n) is 14.0. The van der Waals surface area contributed by atoms with Crippen LogP contribution < -0.4 is 0 Å². The van der Waals surface area contributed by atoms with Crippen LogP contribution in [0.2, 0.25) is 0 Å². The summed E-state index contributed by atoms with van der Waals surface area (Å²) in [6, 6.07) is 54.2. The van der Waals surface area contributed by atoms with Gasteiger partial charge < -0.3 is 13.3 Å². The smallest absolute Gasteiger partial charge is 0.180 e. The Morgan fingerprint density at radius 1 is 0.316 bits per heavy atom. The van der Waals surface area contributed by atoms with Gasteiger partial charge in [-0.1, -0.05) is 115 Å². The average Bonchev–Trinajstić information content (AvgIpc) is 3.97. The summed E-state index contributed by atoms with van der Waals surface area (Å²) in [6.45, 7) is 0. The van der Waals surface area contributed by atoms with Crippen LogP contribution in [0.1, 0.15) is 0 Å². The Labute approximate surface area is 323 Å². The summed E-state index contributed by atoms with van der Waals surface area (Å²) in [6.07, 6.45) is 0. The fraction of sp³-hybridized carbons (Fsp3) is 0. The van der Waals surface area contributed by atoms with Crippen LogP contribution in [-0.4, -0.2) is 24.9 Å². The molecule has 5 heterocycles. The number of hydrogen-bond acceptors (Lipinski definition) is 8.